The molecule has 0 aliphatic carbocycles. The number of sulfone groups is 1. The van der Waals surface area contributed by atoms with Gasteiger partial charge in [-0.25, -0.2) is 8.42 Å². The SMILES string of the molecule is CC(C)(C)S(=O)(=O)CCNCCCCCCl. The van der Waals surface area contributed by atoms with E-state index >= 15 is 0 Å². The molecule has 0 fully saturated rings. The van der Waals surface area contributed by atoms with Crippen molar-refractivity contribution in [2.75, 3.05) is 24.7 Å². The third kappa shape index (κ3) is 6.71. The zero-order valence-electron chi connectivity index (χ0n) is 10.6. The minimum Gasteiger partial charge on any atom is -0.316 e. The Labute approximate surface area is 105 Å². The molecule has 0 spiro atoms. The van der Waals surface area contributed by atoms with Gasteiger partial charge in [-0.1, -0.05) is 6.42 Å². The molecule has 5 heteroatoms. The first kappa shape index (κ1) is 16.2. The number of unbranched alkanes of at least 4 members (excludes halogenated alkanes) is 2. The number of rotatable bonds is 8. The van der Waals surface area contributed by atoms with Crippen LogP contribution in [0.25, 0.3) is 0 Å². The van der Waals surface area contributed by atoms with Gasteiger partial charge in [0.25, 0.3) is 0 Å². The lowest BCUT2D eigenvalue weighted by molar-refractivity contribution is 0.554. The molecule has 0 rings (SSSR count). The maximum atomic E-state index is 11.7. The number of alkyl halides is 1. The van der Waals surface area contributed by atoms with Gasteiger partial charge in [-0.15, -0.1) is 11.6 Å². The van der Waals surface area contributed by atoms with Crippen LogP contribution in [0.1, 0.15) is 40.0 Å². The largest absolute Gasteiger partial charge is 0.316 e. The molecule has 0 aromatic heterocycles. The Morgan fingerprint density at radius 1 is 1.06 bits per heavy atom. The Bertz CT molecular complexity index is 270. The summed E-state index contributed by atoms with van der Waals surface area (Å²) >= 11 is 5.55. The van der Waals surface area contributed by atoms with Crippen molar-refractivity contribution in [3.05, 3.63) is 0 Å². The van der Waals surface area contributed by atoms with Crippen LogP contribution in [0.15, 0.2) is 0 Å². The van der Waals surface area contributed by atoms with Gasteiger partial charge in [-0.2, -0.15) is 0 Å². The van der Waals surface area contributed by atoms with Crippen LogP contribution >= 0.6 is 11.6 Å². The van der Waals surface area contributed by atoms with Crippen molar-refractivity contribution in [2.45, 2.75) is 44.8 Å². The van der Waals surface area contributed by atoms with Gasteiger partial charge < -0.3 is 5.32 Å². The molecule has 0 amide bonds. The van der Waals surface area contributed by atoms with Crippen LogP contribution in [-0.2, 0) is 9.84 Å². The van der Waals surface area contributed by atoms with E-state index < -0.39 is 14.6 Å². The maximum absolute atomic E-state index is 11.7. The molecule has 0 aromatic carbocycles. The molecule has 1 N–H and O–H groups in total. The normalized spacial score (nSPS) is 13.0. The molecular formula is C11H24ClNO2S. The highest BCUT2D eigenvalue weighted by Gasteiger charge is 2.27. The minimum atomic E-state index is -2.98. The summed E-state index contributed by atoms with van der Waals surface area (Å²) in [5.41, 5.74) is 0. The lowest BCUT2D eigenvalue weighted by Crippen LogP contribution is -2.34. The van der Waals surface area contributed by atoms with Crippen LogP contribution in [0, 0.1) is 0 Å². The van der Waals surface area contributed by atoms with E-state index in [2.05, 4.69) is 5.32 Å². The van der Waals surface area contributed by atoms with Crippen molar-refractivity contribution >= 4 is 21.4 Å². The van der Waals surface area contributed by atoms with Gasteiger partial charge in [0.05, 0.1) is 10.5 Å². The standard InChI is InChI=1S/C11H24ClNO2S/c1-11(2,3)16(14,15)10-9-13-8-6-4-5-7-12/h13H,4-10H2,1-3H3. The van der Waals surface area contributed by atoms with Crippen molar-refractivity contribution in [2.24, 2.45) is 0 Å². The van der Waals surface area contributed by atoms with Crippen LogP contribution in [0.3, 0.4) is 0 Å². The first-order valence-corrected chi connectivity index (χ1v) is 7.99. The van der Waals surface area contributed by atoms with Crippen LogP contribution in [0.2, 0.25) is 0 Å². The second kappa shape index (κ2) is 7.51. The monoisotopic (exact) mass is 269 g/mol. The Hall–Kier alpha value is 0.200. The summed E-state index contributed by atoms with van der Waals surface area (Å²) in [5.74, 6) is 0.921. The number of hydrogen-bond acceptors (Lipinski definition) is 3. The second-order valence-electron chi connectivity index (χ2n) is 4.93. The molecule has 0 aliphatic rings. The summed E-state index contributed by atoms with van der Waals surface area (Å²) in [6.07, 6.45) is 3.19. The average Bonchev–Trinajstić information content (AvgIpc) is 2.14. The van der Waals surface area contributed by atoms with E-state index in [-0.39, 0.29) is 5.75 Å². The van der Waals surface area contributed by atoms with E-state index in [1.54, 1.807) is 20.8 Å². The van der Waals surface area contributed by atoms with Gasteiger partial charge in [-0.3, -0.25) is 0 Å². The molecule has 0 saturated carbocycles. The highest BCUT2D eigenvalue weighted by molar-refractivity contribution is 7.92. The molecule has 0 aromatic rings. The van der Waals surface area contributed by atoms with Gasteiger partial charge in [0, 0.05) is 12.4 Å². The third-order valence-electron chi connectivity index (χ3n) is 2.47. The summed E-state index contributed by atoms with van der Waals surface area (Å²) in [6, 6.07) is 0. The molecule has 98 valence electrons. The molecular weight excluding hydrogens is 246 g/mol. The van der Waals surface area contributed by atoms with E-state index in [0.717, 1.165) is 25.8 Å². The van der Waals surface area contributed by atoms with Crippen LogP contribution in [-0.4, -0.2) is 37.9 Å². The minimum absolute atomic E-state index is 0.214. The van der Waals surface area contributed by atoms with E-state index in [0.29, 0.717) is 12.4 Å². The Morgan fingerprint density at radius 3 is 2.19 bits per heavy atom. The summed E-state index contributed by atoms with van der Waals surface area (Å²) in [4.78, 5) is 0. The molecule has 0 heterocycles. The predicted octanol–water partition coefficient (Wildman–Crippen LogP) is 2.20. The quantitative estimate of drug-likeness (QED) is 0.543. The average molecular weight is 270 g/mol. The molecule has 0 radical (unpaired) electrons. The zero-order valence-corrected chi connectivity index (χ0v) is 12.1. The molecule has 3 nitrogen and oxygen atoms in total. The van der Waals surface area contributed by atoms with Gasteiger partial charge in [0.1, 0.15) is 0 Å². The topological polar surface area (TPSA) is 46.2 Å². The summed E-state index contributed by atoms with van der Waals surface area (Å²) in [6.45, 7) is 6.63. The zero-order chi connectivity index (χ0) is 12.7. The van der Waals surface area contributed by atoms with Crippen molar-refractivity contribution < 1.29 is 8.42 Å². The van der Waals surface area contributed by atoms with Gasteiger partial charge in [-0.05, 0) is 40.2 Å². The van der Waals surface area contributed by atoms with Crippen molar-refractivity contribution in [3.8, 4) is 0 Å². The first-order chi connectivity index (χ1) is 7.31. The Balaban J connectivity index is 3.60. The molecule has 0 aliphatic heterocycles. The first-order valence-electron chi connectivity index (χ1n) is 5.80. The Kier molecular flexibility index (Phi) is 7.61. The second-order valence-corrected chi connectivity index (χ2v) is 8.17. The van der Waals surface area contributed by atoms with E-state index in [9.17, 15) is 8.42 Å². The van der Waals surface area contributed by atoms with Crippen LogP contribution in [0.4, 0.5) is 0 Å². The highest BCUT2D eigenvalue weighted by atomic mass is 35.5. The fourth-order valence-corrected chi connectivity index (χ4v) is 2.37. The van der Waals surface area contributed by atoms with Crippen molar-refractivity contribution in [1.29, 1.82) is 0 Å². The lowest BCUT2D eigenvalue weighted by Gasteiger charge is -2.19. The predicted molar refractivity (Wildman–Crippen MR) is 71.0 cm³/mol. The van der Waals surface area contributed by atoms with Crippen molar-refractivity contribution in [3.63, 3.8) is 0 Å². The maximum Gasteiger partial charge on any atom is 0.156 e. The highest BCUT2D eigenvalue weighted by Crippen LogP contribution is 2.15. The number of hydrogen-bond donors (Lipinski definition) is 1. The smallest absolute Gasteiger partial charge is 0.156 e. The van der Waals surface area contributed by atoms with Gasteiger partial charge in [0.15, 0.2) is 9.84 Å². The summed E-state index contributed by atoms with van der Waals surface area (Å²) in [7, 11) is -2.98. The van der Waals surface area contributed by atoms with E-state index in [1.807, 2.05) is 0 Å². The van der Waals surface area contributed by atoms with Crippen LogP contribution < -0.4 is 5.32 Å². The van der Waals surface area contributed by atoms with E-state index in [1.165, 1.54) is 0 Å². The van der Waals surface area contributed by atoms with E-state index in [4.69, 9.17) is 11.6 Å². The molecule has 16 heavy (non-hydrogen) atoms. The Morgan fingerprint density at radius 2 is 1.69 bits per heavy atom. The fraction of sp³-hybridized carbons (Fsp3) is 1.00. The van der Waals surface area contributed by atoms with Gasteiger partial charge >= 0.3 is 0 Å². The molecule has 0 unspecified atom stereocenters. The number of nitrogens with one attached hydrogen (secondary N) is 1. The fourth-order valence-electron chi connectivity index (χ4n) is 1.16. The molecule has 0 bridgehead atoms. The number of halogens is 1. The van der Waals surface area contributed by atoms with Gasteiger partial charge in [0.2, 0.25) is 0 Å². The molecule has 0 saturated heterocycles. The lowest BCUT2D eigenvalue weighted by atomic mass is 10.2. The van der Waals surface area contributed by atoms with Crippen molar-refractivity contribution in [1.82, 2.24) is 5.32 Å². The third-order valence-corrected chi connectivity index (χ3v) is 5.34. The summed E-state index contributed by atoms with van der Waals surface area (Å²) in [5, 5.41) is 3.15. The summed E-state index contributed by atoms with van der Waals surface area (Å²) < 4.78 is 22.8. The molecule has 0 atom stereocenters. The van der Waals surface area contributed by atoms with Crippen LogP contribution in [0.5, 0.6) is 0 Å².